The third-order valence-electron chi connectivity index (χ3n) is 2.48. The molecule has 2 N–H and O–H groups in total. The van der Waals surface area contributed by atoms with Gasteiger partial charge in [0.15, 0.2) is 5.82 Å². The summed E-state index contributed by atoms with van der Waals surface area (Å²) >= 11 is 0. The highest BCUT2D eigenvalue weighted by Crippen LogP contribution is 2.29. The molecule has 0 aliphatic rings. The number of para-hydroxylation sites is 1. The normalized spacial score (nSPS) is 11.9. The maximum Gasteiger partial charge on any atom is 0.324 e. The lowest BCUT2D eigenvalue weighted by Crippen LogP contribution is -2.41. The van der Waals surface area contributed by atoms with Crippen LogP contribution in [0.5, 0.6) is 5.75 Å². The first-order valence-electron chi connectivity index (χ1n) is 5.99. The number of ether oxygens (including phenoxy) is 1. The maximum absolute atomic E-state index is 13.5. The minimum Gasteiger partial charge on any atom is -0.482 e. The molecule has 1 atom stereocenters. The first-order valence-corrected chi connectivity index (χ1v) is 5.99. The van der Waals surface area contributed by atoms with E-state index in [4.69, 9.17) is 9.84 Å². The Morgan fingerprint density at radius 2 is 2.30 bits per heavy atom. The van der Waals surface area contributed by atoms with E-state index in [1.54, 1.807) is 0 Å². The predicted octanol–water partition coefficient (Wildman–Crippen LogP) is 1.57. The largest absolute Gasteiger partial charge is 0.482 e. The fraction of sp³-hybridized carbons (Fsp3) is 0.417. The van der Waals surface area contributed by atoms with Crippen molar-refractivity contribution in [1.29, 1.82) is 0 Å². The molecule has 20 heavy (non-hydrogen) atoms. The molecule has 1 rings (SSSR count). The maximum atomic E-state index is 13.5. The third-order valence-corrected chi connectivity index (χ3v) is 2.48. The van der Waals surface area contributed by atoms with Crippen LogP contribution in [0, 0.1) is 15.9 Å². The quantitative estimate of drug-likeness (QED) is 0.555. The van der Waals surface area contributed by atoms with Gasteiger partial charge >= 0.3 is 11.7 Å². The second-order valence-corrected chi connectivity index (χ2v) is 4.00. The van der Waals surface area contributed by atoms with E-state index in [1.165, 1.54) is 6.07 Å². The molecule has 0 radical (unpaired) electrons. The molecule has 0 heterocycles. The molecule has 0 fully saturated rings. The summed E-state index contributed by atoms with van der Waals surface area (Å²) in [6, 6.07) is 2.23. The van der Waals surface area contributed by atoms with Gasteiger partial charge in [0.1, 0.15) is 12.6 Å². The number of carboxylic acid groups (broad SMARTS) is 1. The molecule has 110 valence electrons. The smallest absolute Gasteiger partial charge is 0.324 e. The van der Waals surface area contributed by atoms with E-state index in [9.17, 15) is 19.3 Å². The van der Waals surface area contributed by atoms with Gasteiger partial charge in [0.2, 0.25) is 5.75 Å². The van der Waals surface area contributed by atoms with Crippen molar-refractivity contribution in [3.8, 4) is 5.75 Å². The number of rotatable bonds is 8. The van der Waals surface area contributed by atoms with Gasteiger partial charge in [-0.3, -0.25) is 14.9 Å². The summed E-state index contributed by atoms with van der Waals surface area (Å²) in [7, 11) is 0. The fourth-order valence-electron chi connectivity index (χ4n) is 1.49. The molecule has 8 heteroatoms. The van der Waals surface area contributed by atoms with Crippen molar-refractivity contribution in [2.75, 3.05) is 13.2 Å². The Morgan fingerprint density at radius 1 is 1.60 bits per heavy atom. The number of carboxylic acids is 1. The minimum atomic E-state index is -1.17. The number of aliphatic carboxylic acids is 1. The number of nitro groups is 1. The summed E-state index contributed by atoms with van der Waals surface area (Å²) in [5.41, 5.74) is -0.537. The van der Waals surface area contributed by atoms with Crippen LogP contribution >= 0.6 is 0 Å². The van der Waals surface area contributed by atoms with Crippen LogP contribution in [-0.2, 0) is 4.79 Å². The highest BCUT2D eigenvalue weighted by molar-refractivity contribution is 5.73. The van der Waals surface area contributed by atoms with Crippen molar-refractivity contribution in [2.24, 2.45) is 0 Å². The van der Waals surface area contributed by atoms with Crippen LogP contribution in [0.3, 0.4) is 0 Å². The van der Waals surface area contributed by atoms with E-state index in [-0.39, 0.29) is 0 Å². The third kappa shape index (κ3) is 4.16. The van der Waals surface area contributed by atoms with Gasteiger partial charge in [-0.1, -0.05) is 13.0 Å². The lowest BCUT2D eigenvalue weighted by atomic mass is 10.2. The van der Waals surface area contributed by atoms with E-state index in [0.29, 0.717) is 13.0 Å². The molecular weight excluding hydrogens is 271 g/mol. The zero-order chi connectivity index (χ0) is 15.1. The second kappa shape index (κ2) is 7.39. The zero-order valence-corrected chi connectivity index (χ0v) is 10.8. The summed E-state index contributed by atoms with van der Waals surface area (Å²) < 4.78 is 18.5. The highest BCUT2D eigenvalue weighted by atomic mass is 19.1. The van der Waals surface area contributed by atoms with Gasteiger partial charge < -0.3 is 15.2 Å². The van der Waals surface area contributed by atoms with Gasteiger partial charge in [0.05, 0.1) is 4.92 Å². The zero-order valence-electron chi connectivity index (χ0n) is 10.8. The molecule has 0 saturated heterocycles. The van der Waals surface area contributed by atoms with Crippen LogP contribution in [0.2, 0.25) is 0 Å². The van der Waals surface area contributed by atoms with E-state index >= 15 is 0 Å². The van der Waals surface area contributed by atoms with Gasteiger partial charge in [-0.25, -0.2) is 4.39 Å². The topological polar surface area (TPSA) is 102 Å². The second-order valence-electron chi connectivity index (χ2n) is 4.00. The average molecular weight is 286 g/mol. The fourth-order valence-corrected chi connectivity index (χ4v) is 1.49. The SMILES string of the molecule is CCCNC(COc1c(F)cccc1[N+](=O)[O-])C(=O)O. The summed E-state index contributed by atoms with van der Waals surface area (Å²) in [5.74, 6) is -2.63. The Labute approximate surface area is 114 Å². The standard InChI is InChI=1S/C12H15FN2O5/c1-2-6-14-9(12(16)17)7-20-11-8(13)4-3-5-10(11)15(18)19/h3-5,9,14H,2,6-7H2,1H3,(H,16,17). The average Bonchev–Trinajstić information content (AvgIpc) is 2.39. The van der Waals surface area contributed by atoms with Crippen molar-refractivity contribution >= 4 is 11.7 Å². The number of carbonyl (C=O) groups is 1. The highest BCUT2D eigenvalue weighted by Gasteiger charge is 2.23. The van der Waals surface area contributed by atoms with Crippen LogP contribution in [0.1, 0.15) is 13.3 Å². The van der Waals surface area contributed by atoms with Crippen molar-refractivity contribution in [1.82, 2.24) is 5.32 Å². The molecule has 0 aromatic heterocycles. The van der Waals surface area contributed by atoms with E-state index < -0.39 is 40.8 Å². The van der Waals surface area contributed by atoms with Gasteiger partial charge in [-0.05, 0) is 19.0 Å². The van der Waals surface area contributed by atoms with Gasteiger partial charge in [-0.2, -0.15) is 0 Å². The molecular formula is C12H15FN2O5. The van der Waals surface area contributed by atoms with Gasteiger partial charge in [-0.15, -0.1) is 0 Å². The number of hydrogen-bond acceptors (Lipinski definition) is 5. The van der Waals surface area contributed by atoms with E-state index in [1.807, 2.05) is 6.92 Å². The first kappa shape index (κ1) is 15.8. The Kier molecular flexibility index (Phi) is 5.85. The lowest BCUT2D eigenvalue weighted by molar-refractivity contribution is -0.386. The first-order chi connectivity index (χ1) is 9.47. The Balaban J connectivity index is 2.82. The predicted molar refractivity (Wildman–Crippen MR) is 68.3 cm³/mol. The van der Waals surface area contributed by atoms with Gasteiger partial charge in [0, 0.05) is 6.07 Å². The number of nitrogens with one attached hydrogen (secondary N) is 1. The molecule has 1 aromatic carbocycles. The van der Waals surface area contributed by atoms with Crippen molar-refractivity contribution in [3.63, 3.8) is 0 Å². The number of benzene rings is 1. The molecule has 1 unspecified atom stereocenters. The summed E-state index contributed by atoms with van der Waals surface area (Å²) in [6.07, 6.45) is 0.712. The lowest BCUT2D eigenvalue weighted by Gasteiger charge is -2.15. The number of nitro benzene ring substituents is 1. The molecule has 0 spiro atoms. The molecule has 0 bridgehead atoms. The molecule has 0 aliphatic carbocycles. The molecule has 1 aromatic rings. The molecule has 0 amide bonds. The molecule has 0 saturated carbocycles. The Hall–Kier alpha value is -2.22. The minimum absolute atomic E-state index is 0.406. The number of nitrogens with zero attached hydrogens (tertiary/aromatic N) is 1. The summed E-state index contributed by atoms with van der Waals surface area (Å²) in [6.45, 7) is 1.89. The van der Waals surface area contributed by atoms with Crippen LogP contribution in [-0.4, -0.2) is 35.2 Å². The Morgan fingerprint density at radius 3 is 2.85 bits per heavy atom. The molecule has 0 aliphatic heterocycles. The van der Waals surface area contributed by atoms with Crippen LogP contribution < -0.4 is 10.1 Å². The van der Waals surface area contributed by atoms with E-state index in [0.717, 1.165) is 12.1 Å². The monoisotopic (exact) mass is 286 g/mol. The van der Waals surface area contributed by atoms with Crippen LogP contribution in [0.4, 0.5) is 10.1 Å². The van der Waals surface area contributed by atoms with Crippen molar-refractivity contribution in [2.45, 2.75) is 19.4 Å². The summed E-state index contributed by atoms with van der Waals surface area (Å²) in [4.78, 5) is 20.9. The summed E-state index contributed by atoms with van der Waals surface area (Å²) in [5, 5.41) is 22.4. The van der Waals surface area contributed by atoms with Crippen LogP contribution in [0.25, 0.3) is 0 Å². The molecule has 7 nitrogen and oxygen atoms in total. The van der Waals surface area contributed by atoms with Crippen molar-refractivity contribution in [3.05, 3.63) is 34.1 Å². The van der Waals surface area contributed by atoms with Gasteiger partial charge in [0.25, 0.3) is 0 Å². The Bertz CT molecular complexity index is 495. The number of hydrogen-bond donors (Lipinski definition) is 2. The van der Waals surface area contributed by atoms with Crippen molar-refractivity contribution < 1.29 is 24.0 Å². The van der Waals surface area contributed by atoms with Crippen LogP contribution in [0.15, 0.2) is 18.2 Å². The van der Waals surface area contributed by atoms with E-state index in [2.05, 4.69) is 5.32 Å². The number of halogens is 1.